The van der Waals surface area contributed by atoms with Crippen LogP contribution >= 0.6 is 35.2 Å². The van der Waals surface area contributed by atoms with Crippen molar-refractivity contribution in [1.29, 1.82) is 0 Å². The van der Waals surface area contributed by atoms with Crippen LogP contribution in [0.5, 0.6) is 0 Å². The monoisotopic (exact) mass is 392 g/mol. The van der Waals surface area contributed by atoms with Crippen molar-refractivity contribution in [3.05, 3.63) is 57.2 Å². The fourth-order valence-electron chi connectivity index (χ4n) is 3.50. The van der Waals surface area contributed by atoms with Crippen LogP contribution in [0.4, 0.5) is 0 Å². The van der Waals surface area contributed by atoms with E-state index in [1.807, 2.05) is 47.7 Å². The van der Waals surface area contributed by atoms with Gasteiger partial charge in [0.15, 0.2) is 10.9 Å². The number of hydrogen-bond acceptors (Lipinski definition) is 3. The summed E-state index contributed by atoms with van der Waals surface area (Å²) in [7, 11) is 1.90. The summed E-state index contributed by atoms with van der Waals surface area (Å²) in [6.45, 7) is 0.660. The number of nitrogens with zero attached hydrogens (tertiary/aromatic N) is 1. The van der Waals surface area contributed by atoms with E-state index < -0.39 is 5.54 Å². The molecular formula is C19H21ClN2OS2. The summed E-state index contributed by atoms with van der Waals surface area (Å²) in [6, 6.07) is 11.7. The molecule has 1 aliphatic carbocycles. The number of benzene rings is 1. The summed E-state index contributed by atoms with van der Waals surface area (Å²) in [5.41, 5.74) is 0.0694. The van der Waals surface area contributed by atoms with Gasteiger partial charge in [0, 0.05) is 28.9 Å². The first-order valence-corrected chi connectivity index (χ1v) is 10.0. The molecule has 1 aromatic heterocycles. The van der Waals surface area contributed by atoms with E-state index in [1.165, 1.54) is 4.88 Å². The molecular weight excluding hydrogens is 372 g/mol. The Morgan fingerprint density at radius 3 is 2.80 bits per heavy atom. The number of nitrogens with one attached hydrogen (secondary N) is 1. The van der Waals surface area contributed by atoms with Gasteiger partial charge >= 0.3 is 0 Å². The van der Waals surface area contributed by atoms with Gasteiger partial charge in [-0.05, 0) is 49.0 Å². The second-order valence-corrected chi connectivity index (χ2v) is 8.09. The van der Waals surface area contributed by atoms with Crippen molar-refractivity contribution < 1.29 is 4.79 Å². The summed E-state index contributed by atoms with van der Waals surface area (Å²) < 4.78 is 0. The quantitative estimate of drug-likeness (QED) is 0.761. The smallest absolute Gasteiger partial charge is 0.170 e. The molecule has 132 valence electrons. The van der Waals surface area contributed by atoms with Gasteiger partial charge in [0.25, 0.3) is 0 Å². The number of rotatable bonds is 4. The van der Waals surface area contributed by atoms with Crippen LogP contribution in [0.3, 0.4) is 0 Å². The van der Waals surface area contributed by atoms with Crippen LogP contribution in [0.1, 0.15) is 36.1 Å². The van der Waals surface area contributed by atoms with E-state index in [4.69, 9.17) is 23.8 Å². The van der Waals surface area contributed by atoms with Gasteiger partial charge in [0.1, 0.15) is 5.54 Å². The lowest BCUT2D eigenvalue weighted by Gasteiger charge is -2.45. The highest BCUT2D eigenvalue weighted by Gasteiger charge is 2.47. The largest absolute Gasteiger partial charge is 0.358 e. The molecule has 3 nitrogen and oxygen atoms in total. The molecule has 0 radical (unpaired) electrons. The number of thiocarbonyl (C=S) groups is 1. The number of thiophene rings is 1. The van der Waals surface area contributed by atoms with E-state index in [9.17, 15) is 4.79 Å². The lowest BCUT2D eigenvalue weighted by Crippen LogP contribution is -2.56. The van der Waals surface area contributed by atoms with Gasteiger partial charge in [-0.15, -0.1) is 11.3 Å². The number of likely N-dealkylation sites (N-methyl/N-ethyl adjacent to an activating group) is 1. The number of carbonyl (C=O) groups is 1. The Morgan fingerprint density at radius 2 is 2.12 bits per heavy atom. The number of hydrogen-bond donors (Lipinski definition) is 1. The summed E-state index contributed by atoms with van der Waals surface area (Å²) >= 11 is 13.8. The van der Waals surface area contributed by atoms with E-state index in [1.54, 1.807) is 11.3 Å². The Hall–Kier alpha value is -1.43. The molecule has 1 fully saturated rings. The zero-order valence-corrected chi connectivity index (χ0v) is 16.5. The standard InChI is InChI=1S/C19H21ClN2OS2/c1-22(18(24)21-13-14-7-6-12-25-14)19(11-5-4-10-17(19)23)15-8-2-3-9-16(15)20/h2-3,6-9,12H,4-5,10-11,13H2,1H3,(H,21,24)/t19-/m1/s1. The van der Waals surface area contributed by atoms with Gasteiger partial charge in [-0.25, -0.2) is 0 Å². The second kappa shape index (κ2) is 7.85. The summed E-state index contributed by atoms with van der Waals surface area (Å²) in [4.78, 5) is 16.2. The fourth-order valence-corrected chi connectivity index (χ4v) is 4.66. The van der Waals surface area contributed by atoms with Crippen molar-refractivity contribution in [3.63, 3.8) is 0 Å². The van der Waals surface area contributed by atoms with Crippen molar-refractivity contribution in [2.45, 2.75) is 37.8 Å². The molecule has 1 aromatic carbocycles. The molecule has 0 spiro atoms. The zero-order chi connectivity index (χ0) is 17.9. The van der Waals surface area contributed by atoms with Crippen LogP contribution in [-0.4, -0.2) is 22.8 Å². The normalized spacial score (nSPS) is 20.3. The molecule has 2 aromatic rings. The lowest BCUT2D eigenvalue weighted by molar-refractivity contribution is -0.131. The van der Waals surface area contributed by atoms with Crippen LogP contribution in [-0.2, 0) is 16.9 Å². The number of Topliss-reactive ketones (excluding diaryl/α,β-unsaturated/α-hetero) is 1. The lowest BCUT2D eigenvalue weighted by atomic mass is 9.74. The molecule has 0 bridgehead atoms. The Labute approximate surface area is 163 Å². The maximum atomic E-state index is 13.1. The molecule has 25 heavy (non-hydrogen) atoms. The van der Waals surface area contributed by atoms with Crippen molar-refractivity contribution in [2.75, 3.05) is 7.05 Å². The highest BCUT2D eigenvalue weighted by atomic mass is 35.5. The SMILES string of the molecule is CN(C(=S)NCc1cccs1)[C@@]1(c2ccccc2Cl)CCCCC1=O. The van der Waals surface area contributed by atoms with Crippen molar-refractivity contribution in [1.82, 2.24) is 10.2 Å². The van der Waals surface area contributed by atoms with Crippen molar-refractivity contribution in [2.24, 2.45) is 0 Å². The van der Waals surface area contributed by atoms with E-state index in [-0.39, 0.29) is 5.78 Å². The average Bonchev–Trinajstić information content (AvgIpc) is 3.14. The fraction of sp³-hybridized carbons (Fsp3) is 0.368. The van der Waals surface area contributed by atoms with Crippen LogP contribution in [0.2, 0.25) is 5.02 Å². The number of carbonyl (C=O) groups excluding carboxylic acids is 1. The predicted molar refractivity (Wildman–Crippen MR) is 108 cm³/mol. The third-order valence-corrected chi connectivity index (χ3v) is 6.47. The molecule has 1 heterocycles. The summed E-state index contributed by atoms with van der Waals surface area (Å²) in [5, 5.41) is 6.52. The molecule has 1 saturated carbocycles. The van der Waals surface area contributed by atoms with Gasteiger partial charge in [-0.1, -0.05) is 35.9 Å². The van der Waals surface area contributed by atoms with Gasteiger partial charge in [-0.2, -0.15) is 0 Å². The molecule has 0 saturated heterocycles. The number of halogens is 1. The predicted octanol–water partition coefficient (Wildman–Crippen LogP) is 4.75. The van der Waals surface area contributed by atoms with Gasteiger partial charge in [-0.3, -0.25) is 4.79 Å². The van der Waals surface area contributed by atoms with Gasteiger partial charge in [0.05, 0.1) is 6.54 Å². The molecule has 1 N–H and O–H groups in total. The Kier molecular flexibility index (Phi) is 5.77. The van der Waals surface area contributed by atoms with E-state index >= 15 is 0 Å². The zero-order valence-electron chi connectivity index (χ0n) is 14.1. The Morgan fingerprint density at radius 1 is 1.32 bits per heavy atom. The first kappa shape index (κ1) is 18.4. The summed E-state index contributed by atoms with van der Waals surface area (Å²) in [6.07, 6.45) is 3.19. The van der Waals surface area contributed by atoms with E-state index in [2.05, 4.69) is 11.4 Å². The second-order valence-electron chi connectivity index (χ2n) is 6.27. The van der Waals surface area contributed by atoms with Crippen LogP contribution in [0, 0.1) is 0 Å². The Balaban J connectivity index is 1.90. The molecule has 0 amide bonds. The molecule has 1 aliphatic rings. The van der Waals surface area contributed by atoms with Crippen molar-refractivity contribution >= 4 is 46.1 Å². The Bertz CT molecular complexity index is 763. The third-order valence-electron chi connectivity index (χ3n) is 4.84. The average molecular weight is 393 g/mol. The highest BCUT2D eigenvalue weighted by Crippen LogP contribution is 2.42. The van der Waals surface area contributed by atoms with Crippen LogP contribution < -0.4 is 5.32 Å². The molecule has 6 heteroatoms. The topological polar surface area (TPSA) is 32.3 Å². The molecule has 1 atom stereocenters. The minimum absolute atomic E-state index is 0.189. The minimum atomic E-state index is -0.782. The minimum Gasteiger partial charge on any atom is -0.358 e. The first-order valence-electron chi connectivity index (χ1n) is 8.38. The van der Waals surface area contributed by atoms with Gasteiger partial charge in [0.2, 0.25) is 0 Å². The first-order chi connectivity index (χ1) is 12.1. The number of ketones is 1. The van der Waals surface area contributed by atoms with E-state index in [0.717, 1.165) is 24.8 Å². The molecule has 3 rings (SSSR count). The molecule has 0 unspecified atom stereocenters. The van der Waals surface area contributed by atoms with E-state index in [0.29, 0.717) is 23.1 Å². The third kappa shape index (κ3) is 3.59. The summed E-state index contributed by atoms with van der Waals surface area (Å²) in [5.74, 6) is 0.189. The van der Waals surface area contributed by atoms with Crippen LogP contribution in [0.15, 0.2) is 41.8 Å². The molecule has 0 aliphatic heterocycles. The van der Waals surface area contributed by atoms with Crippen molar-refractivity contribution in [3.8, 4) is 0 Å². The highest BCUT2D eigenvalue weighted by molar-refractivity contribution is 7.80. The van der Waals surface area contributed by atoms with Gasteiger partial charge < -0.3 is 10.2 Å². The maximum absolute atomic E-state index is 13.1. The van der Waals surface area contributed by atoms with Crippen LogP contribution in [0.25, 0.3) is 0 Å². The maximum Gasteiger partial charge on any atom is 0.170 e.